The number of alkyl halides is 3. The number of aromatic nitrogens is 3. The summed E-state index contributed by atoms with van der Waals surface area (Å²) in [5.74, 6) is 0.327. The van der Waals surface area contributed by atoms with Crippen LogP contribution in [-0.4, -0.2) is 58.7 Å². The van der Waals surface area contributed by atoms with Gasteiger partial charge in [-0.3, -0.25) is 4.57 Å². The number of hydrogen-bond donors (Lipinski definition) is 1. The van der Waals surface area contributed by atoms with E-state index in [9.17, 15) is 23.3 Å². The van der Waals surface area contributed by atoms with E-state index < -0.39 is 16.9 Å². The second-order valence-corrected chi connectivity index (χ2v) is 9.46. The average molecular weight is 549 g/mol. The van der Waals surface area contributed by atoms with Crippen LogP contribution in [0.1, 0.15) is 24.0 Å². The van der Waals surface area contributed by atoms with Gasteiger partial charge in [0.1, 0.15) is 24.4 Å². The third kappa shape index (κ3) is 6.06. The molecule has 2 aliphatic rings. The summed E-state index contributed by atoms with van der Waals surface area (Å²) in [6, 6.07) is 10.0. The molecule has 0 saturated carbocycles. The summed E-state index contributed by atoms with van der Waals surface area (Å²) in [5, 5.41) is 14.3. The van der Waals surface area contributed by atoms with E-state index in [1.807, 2.05) is 12.1 Å². The van der Waals surface area contributed by atoms with Crippen LogP contribution in [-0.2, 0) is 23.4 Å². The van der Waals surface area contributed by atoms with E-state index in [-0.39, 0.29) is 23.6 Å². The van der Waals surface area contributed by atoms with Gasteiger partial charge in [0.2, 0.25) is 0 Å². The molecule has 208 valence electrons. The number of piperidine rings is 1. The van der Waals surface area contributed by atoms with Gasteiger partial charge in [-0.25, -0.2) is 4.98 Å². The molecule has 0 aliphatic carbocycles. The number of halogens is 3. The molecule has 1 atom stereocenters. The van der Waals surface area contributed by atoms with Crippen LogP contribution in [0.4, 0.5) is 24.8 Å². The molecule has 1 N–H and O–H groups in total. The Hall–Kier alpha value is -3.91. The van der Waals surface area contributed by atoms with E-state index in [4.69, 9.17) is 9.47 Å². The highest BCUT2D eigenvalue weighted by molar-refractivity contribution is 5.41. The molecule has 1 saturated heterocycles. The first-order valence-electron chi connectivity index (χ1n) is 12.3. The number of pyridine rings is 1. The van der Waals surface area contributed by atoms with Gasteiger partial charge in [-0.2, -0.15) is 0 Å². The summed E-state index contributed by atoms with van der Waals surface area (Å²) in [5.41, 5.74) is 1.18. The predicted molar refractivity (Wildman–Crippen MR) is 133 cm³/mol. The van der Waals surface area contributed by atoms with Crippen molar-refractivity contribution in [1.82, 2.24) is 19.9 Å². The van der Waals surface area contributed by atoms with E-state index in [0.717, 1.165) is 16.9 Å². The Balaban J connectivity index is 1.14. The van der Waals surface area contributed by atoms with E-state index in [2.05, 4.69) is 24.9 Å². The first-order valence-corrected chi connectivity index (χ1v) is 12.3. The summed E-state index contributed by atoms with van der Waals surface area (Å²) in [4.78, 5) is 21.0. The van der Waals surface area contributed by atoms with Crippen molar-refractivity contribution in [3.63, 3.8) is 0 Å². The maximum Gasteiger partial charge on any atom is 0.573 e. The molecular formula is C25H27F3N6O5. The molecule has 0 unspecified atom stereocenters. The lowest BCUT2D eigenvalue weighted by Gasteiger charge is -2.41. The van der Waals surface area contributed by atoms with Crippen LogP contribution in [0.25, 0.3) is 0 Å². The standard InChI is InChI=1S/C25H27F3N6O5/c1-37-24(18-3-5-20(6-4-18)39-25(26,27)28)8-10-32(11-9-24)21-7-2-17(13-30-21)12-29-19-14-33-15-22(34(35)36)31-23(33)38-16-19/h2-7,13,15,19,29H,8-12,14,16H2,1H3/t19-/m0/s1. The molecule has 2 aliphatic heterocycles. The number of anilines is 1. The SMILES string of the molecule is COC1(c2ccc(OC(F)(F)F)cc2)CCN(c2ccc(CN[C@@H]3COc4nc([N+](=O)[O-])cn4C3)cn2)CC1. The highest BCUT2D eigenvalue weighted by Crippen LogP contribution is 2.38. The Kier molecular flexibility index (Phi) is 7.32. The van der Waals surface area contributed by atoms with Gasteiger partial charge < -0.3 is 34.5 Å². The third-order valence-corrected chi connectivity index (χ3v) is 7.05. The molecule has 3 aromatic rings. The van der Waals surface area contributed by atoms with Crippen LogP contribution in [0, 0.1) is 10.1 Å². The van der Waals surface area contributed by atoms with Gasteiger partial charge in [-0.15, -0.1) is 13.2 Å². The van der Waals surface area contributed by atoms with Gasteiger partial charge in [-0.05, 0) is 47.1 Å². The van der Waals surface area contributed by atoms with Crippen molar-refractivity contribution in [2.24, 2.45) is 0 Å². The molecular weight excluding hydrogens is 521 g/mol. The second kappa shape index (κ2) is 10.7. The molecule has 1 fully saturated rings. The number of fused-ring (bicyclic) bond motifs is 1. The van der Waals surface area contributed by atoms with Crippen LogP contribution in [0.3, 0.4) is 0 Å². The topological polar surface area (TPSA) is 117 Å². The fourth-order valence-electron chi connectivity index (χ4n) is 4.95. The van der Waals surface area contributed by atoms with Crippen molar-refractivity contribution >= 4 is 11.6 Å². The zero-order valence-corrected chi connectivity index (χ0v) is 21.1. The van der Waals surface area contributed by atoms with Gasteiger partial charge in [-0.1, -0.05) is 18.2 Å². The van der Waals surface area contributed by atoms with E-state index in [1.54, 1.807) is 30.0 Å². The molecule has 39 heavy (non-hydrogen) atoms. The Morgan fingerprint density at radius 2 is 1.95 bits per heavy atom. The lowest BCUT2D eigenvalue weighted by Crippen LogP contribution is -2.44. The van der Waals surface area contributed by atoms with Crippen LogP contribution in [0.5, 0.6) is 11.8 Å². The predicted octanol–water partition coefficient (Wildman–Crippen LogP) is 3.78. The number of nitrogens with zero attached hydrogens (tertiary/aromatic N) is 5. The molecule has 0 radical (unpaired) electrons. The average Bonchev–Trinajstić information content (AvgIpc) is 3.36. The molecule has 14 heteroatoms. The van der Waals surface area contributed by atoms with Gasteiger partial charge in [0.05, 0.1) is 11.6 Å². The Morgan fingerprint density at radius 3 is 2.56 bits per heavy atom. The molecule has 0 bridgehead atoms. The minimum atomic E-state index is -4.73. The number of methoxy groups -OCH3 is 1. The van der Waals surface area contributed by atoms with E-state index in [0.29, 0.717) is 45.6 Å². The lowest BCUT2D eigenvalue weighted by molar-refractivity contribution is -0.389. The maximum absolute atomic E-state index is 12.5. The first kappa shape index (κ1) is 26.7. The minimum Gasteiger partial charge on any atom is -0.444 e. The van der Waals surface area contributed by atoms with Crippen LogP contribution in [0.15, 0.2) is 48.8 Å². The molecule has 4 heterocycles. The summed E-state index contributed by atoms with van der Waals surface area (Å²) in [7, 11) is 1.61. The molecule has 0 amide bonds. The Bertz CT molecular complexity index is 1290. The van der Waals surface area contributed by atoms with Crippen molar-refractivity contribution in [3.05, 3.63) is 70.0 Å². The maximum atomic E-state index is 12.5. The molecule has 1 aromatic carbocycles. The monoisotopic (exact) mass is 548 g/mol. The zero-order valence-electron chi connectivity index (χ0n) is 21.1. The number of ether oxygens (including phenoxy) is 3. The van der Waals surface area contributed by atoms with Crippen molar-refractivity contribution in [2.75, 3.05) is 31.7 Å². The van der Waals surface area contributed by atoms with E-state index in [1.165, 1.54) is 18.3 Å². The van der Waals surface area contributed by atoms with Crippen molar-refractivity contribution in [3.8, 4) is 11.8 Å². The molecule has 5 rings (SSSR count). The minimum absolute atomic E-state index is 0.0377. The normalized spacial score (nSPS) is 18.8. The number of hydrogen-bond acceptors (Lipinski definition) is 9. The summed E-state index contributed by atoms with van der Waals surface area (Å²) < 4.78 is 54.4. The van der Waals surface area contributed by atoms with Gasteiger partial charge >= 0.3 is 18.2 Å². The Labute approximate surface area is 221 Å². The van der Waals surface area contributed by atoms with E-state index >= 15 is 0 Å². The lowest BCUT2D eigenvalue weighted by atomic mass is 9.84. The number of rotatable bonds is 8. The summed E-state index contributed by atoms with van der Waals surface area (Å²) >= 11 is 0. The third-order valence-electron chi connectivity index (χ3n) is 7.05. The molecule has 2 aromatic heterocycles. The van der Waals surface area contributed by atoms with Crippen LogP contribution in [0.2, 0.25) is 0 Å². The van der Waals surface area contributed by atoms with Crippen molar-refractivity contribution < 1.29 is 32.3 Å². The summed E-state index contributed by atoms with van der Waals surface area (Å²) in [6.07, 6.45) is -0.274. The largest absolute Gasteiger partial charge is 0.573 e. The van der Waals surface area contributed by atoms with Crippen molar-refractivity contribution in [2.45, 2.75) is 43.9 Å². The zero-order chi connectivity index (χ0) is 27.6. The van der Waals surface area contributed by atoms with Gasteiger partial charge in [0, 0.05) is 44.5 Å². The summed E-state index contributed by atoms with van der Waals surface area (Å²) in [6.45, 7) is 2.74. The Morgan fingerprint density at radius 1 is 1.21 bits per heavy atom. The number of benzene rings is 1. The molecule has 0 spiro atoms. The fourth-order valence-corrected chi connectivity index (χ4v) is 4.95. The van der Waals surface area contributed by atoms with Gasteiger partial charge in [0.15, 0.2) is 0 Å². The van der Waals surface area contributed by atoms with Gasteiger partial charge in [0.25, 0.3) is 0 Å². The smallest absolute Gasteiger partial charge is 0.444 e. The van der Waals surface area contributed by atoms with Crippen molar-refractivity contribution in [1.29, 1.82) is 0 Å². The number of imidazole rings is 1. The first-order chi connectivity index (χ1) is 18.6. The molecule has 11 nitrogen and oxygen atoms in total. The quantitative estimate of drug-likeness (QED) is 0.332. The highest BCUT2D eigenvalue weighted by Gasteiger charge is 2.37. The van der Waals surface area contributed by atoms with Crippen LogP contribution >= 0.6 is 0 Å². The fraction of sp³-hybridized carbons (Fsp3) is 0.440. The second-order valence-electron chi connectivity index (χ2n) is 9.46. The van der Waals surface area contributed by atoms with Crippen LogP contribution < -0.4 is 19.7 Å². The highest BCUT2D eigenvalue weighted by atomic mass is 19.4. The number of nitro groups is 1. The number of nitrogens with one attached hydrogen (secondary N) is 1.